The Morgan fingerprint density at radius 1 is 1.06 bits per heavy atom. The van der Waals surface area contributed by atoms with Crippen LogP contribution < -0.4 is 5.32 Å². The molecule has 0 radical (unpaired) electrons. The second-order valence-corrected chi connectivity index (χ2v) is 8.90. The molecule has 0 aliphatic rings. The minimum atomic E-state index is -0.269. The molecule has 0 aliphatic heterocycles. The summed E-state index contributed by atoms with van der Waals surface area (Å²) in [5.74, 6) is 0.559. The fourth-order valence-electron chi connectivity index (χ4n) is 3.43. The van der Waals surface area contributed by atoms with Gasteiger partial charge in [0.15, 0.2) is 0 Å². The van der Waals surface area contributed by atoms with Crippen molar-refractivity contribution < 1.29 is 14.3 Å². The van der Waals surface area contributed by atoms with Crippen molar-refractivity contribution >= 4 is 17.6 Å². The molecular formula is C25H38N4O3. The van der Waals surface area contributed by atoms with Gasteiger partial charge in [-0.15, -0.1) is 0 Å². The molecule has 0 aliphatic carbocycles. The molecule has 0 spiro atoms. The van der Waals surface area contributed by atoms with Crippen LogP contribution in [0.5, 0.6) is 0 Å². The molecule has 0 saturated heterocycles. The number of ether oxygens (including phenoxy) is 1. The fraction of sp³-hybridized carbons (Fsp3) is 0.520. The molecule has 1 aromatic carbocycles. The number of benzene rings is 1. The average molecular weight is 443 g/mol. The van der Waals surface area contributed by atoms with E-state index < -0.39 is 0 Å². The lowest BCUT2D eigenvalue weighted by atomic mass is 10.0. The van der Waals surface area contributed by atoms with E-state index in [9.17, 15) is 9.59 Å². The molecule has 0 unspecified atom stereocenters. The largest absolute Gasteiger partial charge is 0.383 e. The highest BCUT2D eigenvalue weighted by Crippen LogP contribution is 2.18. The lowest BCUT2D eigenvalue weighted by Crippen LogP contribution is -2.46. The number of amides is 3. The predicted octanol–water partition coefficient (Wildman–Crippen LogP) is 4.31. The molecule has 32 heavy (non-hydrogen) atoms. The Balaban J connectivity index is 2.10. The van der Waals surface area contributed by atoms with Gasteiger partial charge < -0.3 is 24.4 Å². The summed E-state index contributed by atoms with van der Waals surface area (Å²) < 4.78 is 7.19. The molecule has 3 amide bonds. The van der Waals surface area contributed by atoms with Crippen LogP contribution in [-0.2, 0) is 23.1 Å². The van der Waals surface area contributed by atoms with Crippen molar-refractivity contribution in [1.82, 2.24) is 14.4 Å². The number of carbonyl (C=O) groups is 2. The first kappa shape index (κ1) is 25.5. The van der Waals surface area contributed by atoms with Gasteiger partial charge in [0.25, 0.3) is 0 Å². The number of hydrogen-bond acceptors (Lipinski definition) is 3. The van der Waals surface area contributed by atoms with Crippen molar-refractivity contribution in [3.63, 3.8) is 0 Å². The molecule has 1 heterocycles. The van der Waals surface area contributed by atoms with E-state index in [1.165, 1.54) is 5.56 Å². The van der Waals surface area contributed by atoms with Crippen LogP contribution in [0.15, 0.2) is 42.6 Å². The standard InChI is InChI=1S/C25H38N4O3/c1-19(2)16-29(25(31)26-22-11-9-21(10-12-22)20(3)4)18-24(30)28(14-15-32-6)17-23-8-7-13-27(23)5/h7-13,19-20H,14-18H2,1-6H3,(H,26,31). The van der Waals surface area contributed by atoms with Crippen molar-refractivity contribution in [2.45, 2.75) is 40.2 Å². The van der Waals surface area contributed by atoms with Crippen molar-refractivity contribution in [3.05, 3.63) is 53.9 Å². The minimum Gasteiger partial charge on any atom is -0.383 e. The lowest BCUT2D eigenvalue weighted by molar-refractivity contribution is -0.133. The van der Waals surface area contributed by atoms with Gasteiger partial charge in [-0.25, -0.2) is 4.79 Å². The van der Waals surface area contributed by atoms with Gasteiger partial charge in [-0.05, 0) is 41.7 Å². The number of aryl methyl sites for hydroxylation is 1. The Bertz CT molecular complexity index is 858. The first-order valence-electron chi connectivity index (χ1n) is 11.2. The molecular weight excluding hydrogens is 404 g/mol. The van der Waals surface area contributed by atoms with Gasteiger partial charge in [-0.1, -0.05) is 39.8 Å². The molecule has 1 N–H and O–H groups in total. The maximum Gasteiger partial charge on any atom is 0.322 e. The smallest absolute Gasteiger partial charge is 0.322 e. The number of hydrogen-bond donors (Lipinski definition) is 1. The summed E-state index contributed by atoms with van der Waals surface area (Å²) in [7, 11) is 3.58. The van der Waals surface area contributed by atoms with Gasteiger partial charge in [-0.3, -0.25) is 4.79 Å². The highest BCUT2D eigenvalue weighted by Gasteiger charge is 2.23. The van der Waals surface area contributed by atoms with Crippen molar-refractivity contribution in [3.8, 4) is 0 Å². The first-order valence-corrected chi connectivity index (χ1v) is 11.2. The SMILES string of the molecule is COCCN(Cc1cccn1C)C(=O)CN(CC(C)C)C(=O)Nc1ccc(C(C)C)cc1. The maximum atomic E-state index is 13.2. The fourth-order valence-corrected chi connectivity index (χ4v) is 3.43. The monoisotopic (exact) mass is 442 g/mol. The highest BCUT2D eigenvalue weighted by atomic mass is 16.5. The van der Waals surface area contributed by atoms with Crippen LogP contribution in [0.1, 0.15) is 44.9 Å². The normalized spacial score (nSPS) is 11.1. The molecule has 176 valence electrons. The second kappa shape index (κ2) is 12.3. The third-order valence-corrected chi connectivity index (χ3v) is 5.35. The lowest BCUT2D eigenvalue weighted by Gasteiger charge is -2.29. The average Bonchev–Trinajstić information content (AvgIpc) is 3.14. The van der Waals surface area contributed by atoms with Crippen LogP contribution in [0.25, 0.3) is 0 Å². The number of urea groups is 1. The Morgan fingerprint density at radius 2 is 1.75 bits per heavy atom. The zero-order valence-corrected chi connectivity index (χ0v) is 20.3. The summed E-state index contributed by atoms with van der Waals surface area (Å²) >= 11 is 0. The van der Waals surface area contributed by atoms with E-state index in [-0.39, 0.29) is 24.4 Å². The molecule has 0 saturated carbocycles. The van der Waals surface area contributed by atoms with Gasteiger partial charge in [0, 0.05) is 44.8 Å². The summed E-state index contributed by atoms with van der Waals surface area (Å²) in [4.78, 5) is 29.6. The number of nitrogens with zero attached hydrogens (tertiary/aromatic N) is 3. The van der Waals surface area contributed by atoms with E-state index in [0.717, 1.165) is 11.4 Å². The van der Waals surface area contributed by atoms with Gasteiger partial charge in [0.2, 0.25) is 5.91 Å². The number of methoxy groups -OCH3 is 1. The second-order valence-electron chi connectivity index (χ2n) is 8.90. The van der Waals surface area contributed by atoms with Gasteiger partial charge in [0.1, 0.15) is 6.54 Å². The molecule has 7 nitrogen and oxygen atoms in total. The number of nitrogens with one attached hydrogen (secondary N) is 1. The van der Waals surface area contributed by atoms with Crippen LogP contribution in [-0.4, -0.2) is 59.7 Å². The quantitative estimate of drug-likeness (QED) is 0.564. The van der Waals surface area contributed by atoms with E-state index >= 15 is 0 Å². The summed E-state index contributed by atoms with van der Waals surface area (Å²) in [6, 6.07) is 11.5. The van der Waals surface area contributed by atoms with Crippen LogP contribution in [0.2, 0.25) is 0 Å². The predicted molar refractivity (Wildman–Crippen MR) is 129 cm³/mol. The molecule has 2 aromatic rings. The van der Waals surface area contributed by atoms with Crippen molar-refractivity contribution in [2.75, 3.05) is 38.7 Å². The highest BCUT2D eigenvalue weighted by molar-refractivity contribution is 5.92. The van der Waals surface area contributed by atoms with Crippen LogP contribution in [0.3, 0.4) is 0 Å². The third-order valence-electron chi connectivity index (χ3n) is 5.35. The Hall–Kier alpha value is -2.80. The van der Waals surface area contributed by atoms with Gasteiger partial charge in [-0.2, -0.15) is 0 Å². The first-order chi connectivity index (χ1) is 15.2. The Morgan fingerprint density at radius 3 is 2.28 bits per heavy atom. The zero-order chi connectivity index (χ0) is 23.7. The maximum absolute atomic E-state index is 13.2. The van der Waals surface area contributed by atoms with Crippen LogP contribution in [0, 0.1) is 5.92 Å². The molecule has 0 fully saturated rings. The van der Waals surface area contributed by atoms with Crippen LogP contribution in [0.4, 0.5) is 10.5 Å². The number of anilines is 1. The molecule has 0 bridgehead atoms. The van der Waals surface area contributed by atoms with Crippen molar-refractivity contribution in [1.29, 1.82) is 0 Å². The molecule has 1 aromatic heterocycles. The van der Waals surface area contributed by atoms with Gasteiger partial charge in [0.05, 0.1) is 13.2 Å². The van der Waals surface area contributed by atoms with Crippen LogP contribution >= 0.6 is 0 Å². The summed E-state index contributed by atoms with van der Waals surface area (Å²) in [5, 5.41) is 2.94. The third kappa shape index (κ3) is 7.71. The van der Waals surface area contributed by atoms with E-state index in [0.29, 0.717) is 32.2 Å². The van der Waals surface area contributed by atoms with Crippen molar-refractivity contribution in [2.24, 2.45) is 13.0 Å². The number of rotatable bonds is 11. The van der Waals surface area contributed by atoms with E-state index in [2.05, 4.69) is 19.2 Å². The summed E-state index contributed by atoms with van der Waals surface area (Å²) in [5.41, 5.74) is 2.96. The van der Waals surface area contributed by atoms with Gasteiger partial charge >= 0.3 is 6.03 Å². The van der Waals surface area contributed by atoms with E-state index in [1.54, 1.807) is 16.9 Å². The minimum absolute atomic E-state index is 0.0161. The van der Waals surface area contributed by atoms with E-state index in [1.807, 2.05) is 68.1 Å². The molecule has 2 rings (SSSR count). The zero-order valence-electron chi connectivity index (χ0n) is 20.3. The Labute approximate surface area is 192 Å². The molecule has 0 atom stereocenters. The van der Waals surface area contributed by atoms with E-state index in [4.69, 9.17) is 4.74 Å². The summed E-state index contributed by atoms with van der Waals surface area (Å²) in [6.45, 7) is 10.2. The molecule has 7 heteroatoms. The topological polar surface area (TPSA) is 66.8 Å². The summed E-state index contributed by atoms with van der Waals surface area (Å²) in [6.07, 6.45) is 1.96. The number of carbonyl (C=O) groups excluding carboxylic acids is 2. The Kier molecular flexibility index (Phi) is 9.78. The number of aromatic nitrogens is 1.